The van der Waals surface area contributed by atoms with Crippen LogP contribution in [0.3, 0.4) is 0 Å². The first kappa shape index (κ1) is 20.8. The van der Waals surface area contributed by atoms with E-state index in [9.17, 15) is 23.4 Å². The molecule has 1 saturated heterocycles. The van der Waals surface area contributed by atoms with Crippen LogP contribution >= 0.6 is 0 Å². The minimum absolute atomic E-state index is 0.125. The maximum Gasteiger partial charge on any atom is 0.433 e. The number of halogens is 3. The maximum absolute atomic E-state index is 11.8. The highest BCUT2D eigenvalue weighted by Gasteiger charge is 2.32. The van der Waals surface area contributed by atoms with Gasteiger partial charge in [-0.1, -0.05) is 6.07 Å². The predicted molar refractivity (Wildman–Crippen MR) is 87.5 cm³/mol. The van der Waals surface area contributed by atoms with Gasteiger partial charge < -0.3 is 25.4 Å². The van der Waals surface area contributed by atoms with E-state index >= 15 is 0 Å². The van der Waals surface area contributed by atoms with Crippen molar-refractivity contribution in [2.45, 2.75) is 30.9 Å². The number of ether oxygens (including phenoxy) is 2. The number of hydrogen-bond donors (Lipinski definition) is 3. The van der Waals surface area contributed by atoms with E-state index in [1.165, 1.54) is 12.1 Å². The molecule has 3 unspecified atom stereocenters. The number of aliphatic hydroxyl groups excluding tert-OH is 2. The zero-order valence-corrected chi connectivity index (χ0v) is 14.1. The summed E-state index contributed by atoms with van der Waals surface area (Å²) in [6.45, 7) is 0.546. The summed E-state index contributed by atoms with van der Waals surface area (Å²) in [5, 5.41) is 19.0. The fraction of sp³-hybridized carbons (Fsp3) is 0.438. The molecule has 3 heterocycles. The van der Waals surface area contributed by atoms with E-state index in [0.29, 0.717) is 13.0 Å². The molecular formula is C16H19F3N4O4. The predicted octanol–water partition coefficient (Wildman–Crippen LogP) is 1.05. The molecule has 0 radical (unpaired) electrons. The van der Waals surface area contributed by atoms with Crippen molar-refractivity contribution in [2.24, 2.45) is 0 Å². The monoisotopic (exact) mass is 388 g/mol. The highest BCUT2D eigenvalue weighted by atomic mass is 19.4. The van der Waals surface area contributed by atoms with Gasteiger partial charge in [-0.3, -0.25) is 0 Å². The minimum Gasteiger partial charge on any atom is -0.461 e. The second kappa shape index (κ2) is 9.44. The van der Waals surface area contributed by atoms with Crippen LogP contribution < -0.4 is 10.5 Å². The summed E-state index contributed by atoms with van der Waals surface area (Å²) in [4.78, 5) is 10.8. The standard InChI is InChI=1S/C10H14N2O4.C6H5F3N2/c13-7-2-5-15-8(9(7)14)6-16-10-11-3-1-4-12-10;7-6(8,9)4-2-1-3-5(10)11-4/h1,3-4,7-9,13-14H,2,5-6H2;1-3H,(H2,10,11). The second-order valence-corrected chi connectivity index (χ2v) is 5.54. The van der Waals surface area contributed by atoms with E-state index in [2.05, 4.69) is 15.0 Å². The lowest BCUT2D eigenvalue weighted by molar-refractivity contribution is -0.145. The summed E-state index contributed by atoms with van der Waals surface area (Å²) in [7, 11) is 0. The Morgan fingerprint density at radius 2 is 1.89 bits per heavy atom. The molecule has 11 heteroatoms. The Morgan fingerprint density at radius 3 is 2.48 bits per heavy atom. The first-order valence-corrected chi connectivity index (χ1v) is 7.94. The van der Waals surface area contributed by atoms with Crippen molar-refractivity contribution in [1.29, 1.82) is 0 Å². The molecule has 148 valence electrons. The fourth-order valence-electron chi connectivity index (χ4n) is 2.13. The molecule has 8 nitrogen and oxygen atoms in total. The molecule has 0 saturated carbocycles. The molecule has 3 rings (SSSR count). The van der Waals surface area contributed by atoms with Crippen molar-refractivity contribution in [3.8, 4) is 6.01 Å². The summed E-state index contributed by atoms with van der Waals surface area (Å²) >= 11 is 0. The van der Waals surface area contributed by atoms with Gasteiger partial charge >= 0.3 is 12.2 Å². The number of alkyl halides is 3. The van der Waals surface area contributed by atoms with Crippen molar-refractivity contribution in [3.05, 3.63) is 42.4 Å². The van der Waals surface area contributed by atoms with Gasteiger partial charge in [0.05, 0.1) is 6.10 Å². The first-order valence-electron chi connectivity index (χ1n) is 7.94. The molecule has 0 aromatic carbocycles. The average molecular weight is 388 g/mol. The van der Waals surface area contributed by atoms with Gasteiger partial charge in [-0.2, -0.15) is 13.2 Å². The molecule has 2 aromatic heterocycles. The molecule has 2 aromatic rings. The number of anilines is 1. The Kier molecular flexibility index (Phi) is 7.28. The van der Waals surface area contributed by atoms with Gasteiger partial charge in [-0.05, 0) is 24.6 Å². The SMILES string of the molecule is Nc1cccc(C(F)(F)F)n1.OC1CCOC(COc2ncccn2)C1O. The number of aliphatic hydroxyl groups is 2. The summed E-state index contributed by atoms with van der Waals surface area (Å²) in [5.41, 5.74) is 4.08. The van der Waals surface area contributed by atoms with Crippen molar-refractivity contribution >= 4 is 5.82 Å². The third-order valence-electron chi connectivity index (χ3n) is 3.50. The highest BCUT2D eigenvalue weighted by molar-refractivity contribution is 5.29. The molecule has 27 heavy (non-hydrogen) atoms. The van der Waals surface area contributed by atoms with E-state index in [1.807, 2.05) is 0 Å². The van der Waals surface area contributed by atoms with Crippen molar-refractivity contribution in [1.82, 2.24) is 15.0 Å². The number of nitrogens with zero attached hydrogens (tertiary/aromatic N) is 3. The number of aromatic nitrogens is 3. The second-order valence-electron chi connectivity index (χ2n) is 5.54. The molecule has 3 atom stereocenters. The number of nitrogens with two attached hydrogens (primary N) is 1. The van der Waals surface area contributed by atoms with Gasteiger partial charge in [0.2, 0.25) is 0 Å². The van der Waals surface area contributed by atoms with Crippen LogP contribution in [0.2, 0.25) is 0 Å². The Bertz CT molecular complexity index is 706. The van der Waals surface area contributed by atoms with E-state index in [1.54, 1.807) is 18.5 Å². The van der Waals surface area contributed by atoms with Gasteiger partial charge in [0, 0.05) is 19.0 Å². The average Bonchev–Trinajstić information content (AvgIpc) is 2.64. The van der Waals surface area contributed by atoms with Crippen molar-refractivity contribution < 1.29 is 32.9 Å². The third-order valence-corrected chi connectivity index (χ3v) is 3.50. The molecule has 0 bridgehead atoms. The van der Waals surface area contributed by atoms with Gasteiger partial charge in [0.25, 0.3) is 0 Å². The van der Waals surface area contributed by atoms with Gasteiger partial charge in [-0.15, -0.1) is 0 Å². The van der Waals surface area contributed by atoms with Crippen LogP contribution in [-0.2, 0) is 10.9 Å². The zero-order valence-electron chi connectivity index (χ0n) is 14.1. The molecule has 0 aliphatic carbocycles. The topological polar surface area (TPSA) is 124 Å². The quantitative estimate of drug-likeness (QED) is 0.713. The van der Waals surface area contributed by atoms with Crippen LogP contribution in [0.5, 0.6) is 6.01 Å². The molecular weight excluding hydrogens is 369 g/mol. The lowest BCUT2D eigenvalue weighted by Gasteiger charge is -2.31. The zero-order chi connectivity index (χ0) is 19.9. The van der Waals surface area contributed by atoms with Crippen LogP contribution in [0.25, 0.3) is 0 Å². The molecule has 1 aliphatic rings. The van der Waals surface area contributed by atoms with Crippen LogP contribution in [0.15, 0.2) is 36.7 Å². The lowest BCUT2D eigenvalue weighted by Crippen LogP contribution is -2.47. The van der Waals surface area contributed by atoms with Crippen LogP contribution in [-0.4, -0.2) is 56.7 Å². The number of nitrogen functional groups attached to an aromatic ring is 1. The Hall–Kier alpha value is -2.50. The molecule has 0 spiro atoms. The van der Waals surface area contributed by atoms with Crippen LogP contribution in [0.4, 0.5) is 19.0 Å². The first-order chi connectivity index (χ1) is 12.8. The van der Waals surface area contributed by atoms with E-state index in [0.717, 1.165) is 6.07 Å². The van der Waals surface area contributed by atoms with Gasteiger partial charge in [0.15, 0.2) is 0 Å². The van der Waals surface area contributed by atoms with Crippen LogP contribution in [0.1, 0.15) is 12.1 Å². The Morgan fingerprint density at radius 1 is 1.19 bits per heavy atom. The van der Waals surface area contributed by atoms with Crippen LogP contribution in [0, 0.1) is 0 Å². The summed E-state index contributed by atoms with van der Waals surface area (Å²) in [5.74, 6) is -0.125. The van der Waals surface area contributed by atoms with E-state index < -0.39 is 30.2 Å². The Balaban J connectivity index is 0.000000208. The minimum atomic E-state index is -4.41. The third kappa shape index (κ3) is 6.62. The van der Waals surface area contributed by atoms with E-state index in [-0.39, 0.29) is 18.4 Å². The highest BCUT2D eigenvalue weighted by Crippen LogP contribution is 2.27. The summed E-state index contributed by atoms with van der Waals surface area (Å²) in [6, 6.07) is 5.30. The van der Waals surface area contributed by atoms with Crippen molar-refractivity contribution in [2.75, 3.05) is 18.9 Å². The smallest absolute Gasteiger partial charge is 0.433 e. The number of pyridine rings is 1. The van der Waals surface area contributed by atoms with Crippen molar-refractivity contribution in [3.63, 3.8) is 0 Å². The molecule has 1 fully saturated rings. The van der Waals surface area contributed by atoms with Gasteiger partial charge in [0.1, 0.15) is 30.3 Å². The van der Waals surface area contributed by atoms with Gasteiger partial charge in [-0.25, -0.2) is 15.0 Å². The maximum atomic E-state index is 11.8. The summed E-state index contributed by atoms with van der Waals surface area (Å²) < 4.78 is 46.1. The molecule has 1 aliphatic heterocycles. The molecule has 4 N–H and O–H groups in total. The van der Waals surface area contributed by atoms with E-state index in [4.69, 9.17) is 15.2 Å². The number of rotatable bonds is 3. The lowest BCUT2D eigenvalue weighted by atomic mass is 10.0. The fourth-order valence-corrected chi connectivity index (χ4v) is 2.13. The largest absolute Gasteiger partial charge is 0.461 e. The normalized spacial score (nSPS) is 22.5. The number of hydrogen-bond acceptors (Lipinski definition) is 8. The summed E-state index contributed by atoms with van der Waals surface area (Å²) in [6.07, 6.45) is -3.04. The molecule has 0 amide bonds. The Labute approximate surface area is 152 Å².